The van der Waals surface area contributed by atoms with Crippen molar-refractivity contribution in [3.8, 4) is 0 Å². The summed E-state index contributed by atoms with van der Waals surface area (Å²) in [5.74, 6) is -0.686. The number of hydrogen-bond acceptors (Lipinski definition) is 1. The highest BCUT2D eigenvalue weighted by atomic mass is 19.1. The number of halogens is 1. The number of carbonyl (C=O) groups is 1. The van der Waals surface area contributed by atoms with E-state index in [9.17, 15) is 9.18 Å². The zero-order valence-electron chi connectivity index (χ0n) is 11.0. The second-order valence-corrected chi connectivity index (χ2v) is 4.54. The lowest BCUT2D eigenvalue weighted by molar-refractivity contribution is 0.0732. The highest BCUT2D eigenvalue weighted by Crippen LogP contribution is 2.14. The summed E-state index contributed by atoms with van der Waals surface area (Å²) in [5.41, 5.74) is 0.976. The molecule has 0 N–H and O–H groups in total. The van der Waals surface area contributed by atoms with Crippen molar-refractivity contribution in [1.82, 2.24) is 4.90 Å². The van der Waals surface area contributed by atoms with E-state index in [2.05, 4.69) is 6.92 Å². The third-order valence-electron chi connectivity index (χ3n) is 3.04. The summed E-state index contributed by atoms with van der Waals surface area (Å²) >= 11 is 0. The summed E-state index contributed by atoms with van der Waals surface area (Å²) in [6.45, 7) is 5.86. The molecule has 2 nitrogen and oxygen atoms in total. The van der Waals surface area contributed by atoms with Gasteiger partial charge in [0.1, 0.15) is 5.82 Å². The largest absolute Gasteiger partial charge is 0.339 e. The van der Waals surface area contributed by atoms with Gasteiger partial charge in [0.2, 0.25) is 0 Å². The zero-order chi connectivity index (χ0) is 13.0. The second-order valence-electron chi connectivity index (χ2n) is 4.54. The maximum Gasteiger partial charge on any atom is 0.256 e. The maximum absolute atomic E-state index is 13.7. The van der Waals surface area contributed by atoms with Crippen LogP contribution in [0.1, 0.15) is 42.6 Å². The minimum absolute atomic E-state index is 0.133. The van der Waals surface area contributed by atoms with E-state index in [1.165, 1.54) is 6.07 Å². The monoisotopic (exact) mass is 237 g/mol. The van der Waals surface area contributed by atoms with Gasteiger partial charge in [-0.1, -0.05) is 19.4 Å². The van der Waals surface area contributed by atoms with Crippen LogP contribution in [0.3, 0.4) is 0 Å². The van der Waals surface area contributed by atoms with Crippen LogP contribution in [0.2, 0.25) is 0 Å². The molecule has 17 heavy (non-hydrogen) atoms. The lowest BCUT2D eigenvalue weighted by atomic mass is 10.1. The number of benzene rings is 1. The predicted octanol–water partition coefficient (Wildman–Crippen LogP) is 3.39. The first-order valence-corrected chi connectivity index (χ1v) is 6.00. The molecule has 94 valence electrons. The Bertz CT molecular complexity index is 403. The van der Waals surface area contributed by atoms with E-state index in [0.29, 0.717) is 0 Å². The van der Waals surface area contributed by atoms with E-state index in [0.717, 1.165) is 18.4 Å². The van der Waals surface area contributed by atoms with Crippen LogP contribution < -0.4 is 0 Å². The van der Waals surface area contributed by atoms with Crippen molar-refractivity contribution in [1.29, 1.82) is 0 Å². The molecule has 1 unspecified atom stereocenters. The van der Waals surface area contributed by atoms with Crippen molar-refractivity contribution < 1.29 is 9.18 Å². The van der Waals surface area contributed by atoms with Crippen LogP contribution in [0.4, 0.5) is 4.39 Å². The molecule has 3 heteroatoms. The van der Waals surface area contributed by atoms with E-state index in [-0.39, 0.29) is 17.5 Å². The van der Waals surface area contributed by atoms with Crippen molar-refractivity contribution in [3.05, 3.63) is 35.1 Å². The van der Waals surface area contributed by atoms with E-state index in [1.807, 2.05) is 6.92 Å². The van der Waals surface area contributed by atoms with Crippen molar-refractivity contribution in [2.75, 3.05) is 7.05 Å². The molecular formula is C14H20FNO. The summed E-state index contributed by atoms with van der Waals surface area (Å²) in [6.07, 6.45) is 1.94. The highest BCUT2D eigenvalue weighted by molar-refractivity contribution is 5.94. The Labute approximate surface area is 102 Å². The van der Waals surface area contributed by atoms with E-state index in [1.54, 1.807) is 31.0 Å². The summed E-state index contributed by atoms with van der Waals surface area (Å²) in [5, 5.41) is 0. The van der Waals surface area contributed by atoms with Crippen LogP contribution in [-0.2, 0) is 0 Å². The lowest BCUT2D eigenvalue weighted by Crippen LogP contribution is -2.35. The van der Waals surface area contributed by atoms with Gasteiger partial charge in [-0.3, -0.25) is 4.79 Å². The number of amides is 1. The molecule has 1 rings (SSSR count). The van der Waals surface area contributed by atoms with Gasteiger partial charge in [-0.05, 0) is 38.0 Å². The van der Waals surface area contributed by atoms with Gasteiger partial charge in [-0.15, -0.1) is 0 Å². The predicted molar refractivity (Wildman–Crippen MR) is 67.6 cm³/mol. The molecule has 0 spiro atoms. The van der Waals surface area contributed by atoms with E-state index >= 15 is 0 Å². The van der Waals surface area contributed by atoms with Crippen LogP contribution in [0.5, 0.6) is 0 Å². The molecule has 1 atom stereocenters. The Hall–Kier alpha value is -1.38. The normalized spacial score (nSPS) is 12.3. The highest BCUT2D eigenvalue weighted by Gasteiger charge is 2.19. The first-order chi connectivity index (χ1) is 7.97. The molecule has 0 aliphatic rings. The van der Waals surface area contributed by atoms with Crippen LogP contribution in [0.25, 0.3) is 0 Å². The van der Waals surface area contributed by atoms with Gasteiger partial charge in [0, 0.05) is 13.1 Å². The fourth-order valence-electron chi connectivity index (χ4n) is 1.80. The number of rotatable bonds is 4. The van der Waals surface area contributed by atoms with Crippen LogP contribution in [0, 0.1) is 12.7 Å². The summed E-state index contributed by atoms with van der Waals surface area (Å²) in [4.78, 5) is 13.7. The molecule has 0 saturated heterocycles. The third-order valence-corrected chi connectivity index (χ3v) is 3.04. The second kappa shape index (κ2) is 5.80. The van der Waals surface area contributed by atoms with Gasteiger partial charge >= 0.3 is 0 Å². The molecule has 0 radical (unpaired) electrons. The van der Waals surface area contributed by atoms with Gasteiger partial charge in [0.05, 0.1) is 5.56 Å². The molecule has 0 aliphatic carbocycles. The average Bonchev–Trinajstić information content (AvgIpc) is 2.27. The van der Waals surface area contributed by atoms with Gasteiger partial charge in [-0.2, -0.15) is 0 Å². The Morgan fingerprint density at radius 1 is 1.47 bits per heavy atom. The molecule has 0 heterocycles. The van der Waals surface area contributed by atoms with Crippen LogP contribution >= 0.6 is 0 Å². The average molecular weight is 237 g/mol. The van der Waals surface area contributed by atoms with Gasteiger partial charge in [-0.25, -0.2) is 4.39 Å². The van der Waals surface area contributed by atoms with Crippen LogP contribution in [-0.4, -0.2) is 23.9 Å². The first kappa shape index (κ1) is 13.7. The first-order valence-electron chi connectivity index (χ1n) is 6.00. The smallest absolute Gasteiger partial charge is 0.256 e. The van der Waals surface area contributed by atoms with Gasteiger partial charge in [0.25, 0.3) is 5.91 Å². The number of carbonyl (C=O) groups excluding carboxylic acids is 1. The molecular weight excluding hydrogens is 217 g/mol. The number of aryl methyl sites for hydroxylation is 1. The van der Waals surface area contributed by atoms with Gasteiger partial charge in [0.15, 0.2) is 0 Å². The van der Waals surface area contributed by atoms with E-state index < -0.39 is 5.82 Å². The van der Waals surface area contributed by atoms with E-state index in [4.69, 9.17) is 0 Å². The van der Waals surface area contributed by atoms with Crippen molar-refractivity contribution >= 4 is 5.91 Å². The van der Waals surface area contributed by atoms with Crippen molar-refractivity contribution in [3.63, 3.8) is 0 Å². The standard InChI is InChI=1S/C14H20FNO/c1-5-6-11(3)16(4)14(17)12-8-7-10(2)9-13(12)15/h7-9,11H,5-6H2,1-4H3. The van der Waals surface area contributed by atoms with Crippen LogP contribution in [0.15, 0.2) is 18.2 Å². The minimum Gasteiger partial charge on any atom is -0.339 e. The quantitative estimate of drug-likeness (QED) is 0.786. The number of nitrogens with zero attached hydrogens (tertiary/aromatic N) is 1. The van der Waals surface area contributed by atoms with Crippen molar-refractivity contribution in [2.45, 2.75) is 39.7 Å². The minimum atomic E-state index is -0.439. The Balaban J connectivity index is 2.88. The summed E-state index contributed by atoms with van der Waals surface area (Å²) in [6, 6.07) is 4.84. The molecule has 1 aromatic carbocycles. The number of hydrogen-bond donors (Lipinski definition) is 0. The lowest BCUT2D eigenvalue weighted by Gasteiger charge is -2.24. The Morgan fingerprint density at radius 2 is 2.12 bits per heavy atom. The Kier molecular flexibility index (Phi) is 4.67. The molecule has 1 aromatic rings. The third kappa shape index (κ3) is 3.29. The van der Waals surface area contributed by atoms with Crippen molar-refractivity contribution in [2.24, 2.45) is 0 Å². The molecule has 1 amide bonds. The fourth-order valence-corrected chi connectivity index (χ4v) is 1.80. The molecule has 0 aliphatic heterocycles. The van der Waals surface area contributed by atoms with Gasteiger partial charge < -0.3 is 4.90 Å². The zero-order valence-corrected chi connectivity index (χ0v) is 11.0. The maximum atomic E-state index is 13.7. The molecule has 0 fully saturated rings. The molecule has 0 saturated carbocycles. The molecule has 0 bridgehead atoms. The summed E-state index contributed by atoms with van der Waals surface area (Å²) < 4.78 is 13.7. The summed E-state index contributed by atoms with van der Waals surface area (Å²) in [7, 11) is 1.72. The molecule has 0 aromatic heterocycles. The SMILES string of the molecule is CCCC(C)N(C)C(=O)c1ccc(C)cc1F. The topological polar surface area (TPSA) is 20.3 Å². The fraction of sp³-hybridized carbons (Fsp3) is 0.500. The Morgan fingerprint density at radius 3 is 2.65 bits per heavy atom.